The summed E-state index contributed by atoms with van der Waals surface area (Å²) in [4.78, 5) is 4.29. The minimum absolute atomic E-state index is 0.662. The van der Waals surface area contributed by atoms with Crippen molar-refractivity contribution in [3.8, 4) is 0 Å². The van der Waals surface area contributed by atoms with Gasteiger partial charge in [0.05, 0.1) is 11.4 Å². The molecule has 0 aliphatic heterocycles. The van der Waals surface area contributed by atoms with Gasteiger partial charge in [-0.25, -0.2) is 4.98 Å². The number of aryl methyl sites for hydroxylation is 2. The summed E-state index contributed by atoms with van der Waals surface area (Å²) in [5, 5.41) is 11.2. The molecule has 0 unspecified atom stereocenters. The molecule has 1 aliphatic carbocycles. The molecule has 0 saturated heterocycles. The fraction of sp³-hybridized carbons (Fsp3) is 0.667. The lowest BCUT2D eigenvalue weighted by Crippen LogP contribution is -2.09. The Morgan fingerprint density at radius 1 is 1.23 bits per heavy atom. The van der Waals surface area contributed by atoms with Gasteiger partial charge in [-0.2, -0.15) is 5.10 Å². The Labute approximate surface area is 77.8 Å². The molecule has 0 spiro atoms. The Hall–Kier alpha value is -1.19. The van der Waals surface area contributed by atoms with E-state index in [2.05, 4.69) is 20.5 Å². The first kappa shape index (κ1) is 8.41. The van der Waals surface area contributed by atoms with Crippen molar-refractivity contribution in [3.05, 3.63) is 11.4 Å². The maximum absolute atomic E-state index is 4.29. The van der Waals surface area contributed by atoms with Crippen LogP contribution in [0.4, 0.5) is 5.95 Å². The maximum atomic E-state index is 4.29. The van der Waals surface area contributed by atoms with Crippen LogP contribution < -0.4 is 5.32 Å². The van der Waals surface area contributed by atoms with E-state index in [1.54, 1.807) is 0 Å². The van der Waals surface area contributed by atoms with E-state index in [1.165, 1.54) is 12.8 Å². The van der Waals surface area contributed by atoms with Crippen molar-refractivity contribution in [2.45, 2.75) is 26.7 Å². The molecule has 1 aliphatic rings. The lowest BCUT2D eigenvalue weighted by Gasteiger charge is -2.03. The molecule has 1 N–H and O–H groups in total. The number of hydrogen-bond donors (Lipinski definition) is 1. The number of nitrogens with zero attached hydrogens (tertiary/aromatic N) is 3. The monoisotopic (exact) mass is 178 g/mol. The Bertz CT molecular complexity index is 306. The van der Waals surface area contributed by atoms with Crippen LogP contribution >= 0.6 is 0 Å². The largest absolute Gasteiger partial charge is 0.353 e. The molecule has 4 heteroatoms. The predicted octanol–water partition coefficient (Wildman–Crippen LogP) is 1.31. The first-order valence-electron chi connectivity index (χ1n) is 4.67. The van der Waals surface area contributed by atoms with Crippen LogP contribution in [0, 0.1) is 19.8 Å². The Kier molecular flexibility index (Phi) is 2.12. The molecular formula is C9H14N4. The van der Waals surface area contributed by atoms with E-state index in [0.717, 1.165) is 23.9 Å². The molecule has 1 fully saturated rings. The van der Waals surface area contributed by atoms with E-state index in [-0.39, 0.29) is 0 Å². The molecule has 0 radical (unpaired) electrons. The number of aromatic nitrogens is 3. The molecule has 0 bridgehead atoms. The predicted molar refractivity (Wildman–Crippen MR) is 50.5 cm³/mol. The molecule has 2 rings (SSSR count). The lowest BCUT2D eigenvalue weighted by molar-refractivity contribution is 0.838. The number of nitrogens with one attached hydrogen (secondary N) is 1. The zero-order valence-electron chi connectivity index (χ0n) is 8.04. The van der Waals surface area contributed by atoms with Crippen LogP contribution in [0.1, 0.15) is 24.2 Å². The first-order chi connectivity index (χ1) is 6.25. The first-order valence-corrected chi connectivity index (χ1v) is 4.67. The molecule has 13 heavy (non-hydrogen) atoms. The molecule has 0 atom stereocenters. The smallest absolute Gasteiger partial charge is 0.242 e. The Morgan fingerprint density at radius 2 is 2.00 bits per heavy atom. The van der Waals surface area contributed by atoms with Crippen LogP contribution in [0.2, 0.25) is 0 Å². The van der Waals surface area contributed by atoms with Gasteiger partial charge >= 0.3 is 0 Å². The SMILES string of the molecule is Cc1nnc(NCC2CC2)nc1C. The van der Waals surface area contributed by atoms with Gasteiger partial charge in [-0.3, -0.25) is 0 Å². The van der Waals surface area contributed by atoms with Gasteiger partial charge in [0.2, 0.25) is 5.95 Å². The molecule has 1 saturated carbocycles. The van der Waals surface area contributed by atoms with Crippen LogP contribution in [0.5, 0.6) is 0 Å². The number of anilines is 1. The van der Waals surface area contributed by atoms with Crippen LogP contribution in [-0.2, 0) is 0 Å². The maximum Gasteiger partial charge on any atom is 0.242 e. The molecule has 1 aromatic heterocycles. The summed E-state index contributed by atoms with van der Waals surface area (Å²) in [6.45, 7) is 4.86. The van der Waals surface area contributed by atoms with Gasteiger partial charge < -0.3 is 5.32 Å². The quantitative estimate of drug-likeness (QED) is 0.758. The normalized spacial score (nSPS) is 15.8. The summed E-state index contributed by atoms with van der Waals surface area (Å²) in [7, 11) is 0. The van der Waals surface area contributed by atoms with Crippen LogP contribution in [0.3, 0.4) is 0 Å². The van der Waals surface area contributed by atoms with Crippen molar-refractivity contribution in [2.24, 2.45) is 5.92 Å². The van der Waals surface area contributed by atoms with E-state index in [9.17, 15) is 0 Å². The number of rotatable bonds is 3. The van der Waals surface area contributed by atoms with Gasteiger partial charge in [0.15, 0.2) is 0 Å². The summed E-state index contributed by atoms with van der Waals surface area (Å²) in [6.07, 6.45) is 2.68. The van der Waals surface area contributed by atoms with E-state index in [4.69, 9.17) is 0 Å². The summed E-state index contributed by atoms with van der Waals surface area (Å²) in [5.74, 6) is 1.50. The van der Waals surface area contributed by atoms with Crippen molar-refractivity contribution in [1.29, 1.82) is 0 Å². The van der Waals surface area contributed by atoms with Crippen molar-refractivity contribution < 1.29 is 0 Å². The minimum atomic E-state index is 0.662. The minimum Gasteiger partial charge on any atom is -0.353 e. The summed E-state index contributed by atoms with van der Waals surface area (Å²) >= 11 is 0. The van der Waals surface area contributed by atoms with Crippen molar-refractivity contribution in [2.75, 3.05) is 11.9 Å². The fourth-order valence-corrected chi connectivity index (χ4v) is 1.09. The molecule has 70 valence electrons. The second-order valence-electron chi connectivity index (χ2n) is 3.63. The third-order valence-corrected chi connectivity index (χ3v) is 2.34. The molecule has 0 amide bonds. The standard InChI is InChI=1S/C9H14N4/c1-6-7(2)12-13-9(11-6)10-5-8-3-4-8/h8H,3-5H2,1-2H3,(H,10,11,13). The summed E-state index contributed by atoms with van der Waals surface area (Å²) < 4.78 is 0. The Morgan fingerprint density at radius 3 is 2.62 bits per heavy atom. The summed E-state index contributed by atoms with van der Waals surface area (Å²) in [6, 6.07) is 0. The van der Waals surface area contributed by atoms with Gasteiger partial charge in [0.25, 0.3) is 0 Å². The zero-order chi connectivity index (χ0) is 9.26. The van der Waals surface area contributed by atoms with E-state index < -0.39 is 0 Å². The van der Waals surface area contributed by atoms with Crippen LogP contribution in [0.15, 0.2) is 0 Å². The lowest BCUT2D eigenvalue weighted by atomic mass is 10.4. The average molecular weight is 178 g/mol. The van der Waals surface area contributed by atoms with Gasteiger partial charge in [0, 0.05) is 6.54 Å². The topological polar surface area (TPSA) is 50.7 Å². The van der Waals surface area contributed by atoms with Gasteiger partial charge in [-0.15, -0.1) is 5.10 Å². The molecule has 0 aromatic carbocycles. The van der Waals surface area contributed by atoms with E-state index in [1.807, 2.05) is 13.8 Å². The van der Waals surface area contributed by atoms with Gasteiger partial charge in [0.1, 0.15) is 0 Å². The highest BCUT2D eigenvalue weighted by molar-refractivity contribution is 5.24. The molecule has 4 nitrogen and oxygen atoms in total. The molecular weight excluding hydrogens is 164 g/mol. The summed E-state index contributed by atoms with van der Waals surface area (Å²) in [5.41, 5.74) is 1.85. The number of hydrogen-bond acceptors (Lipinski definition) is 4. The highest BCUT2D eigenvalue weighted by Crippen LogP contribution is 2.28. The third-order valence-electron chi connectivity index (χ3n) is 2.34. The second-order valence-corrected chi connectivity index (χ2v) is 3.63. The molecule has 1 heterocycles. The van der Waals surface area contributed by atoms with Crippen LogP contribution in [-0.4, -0.2) is 21.7 Å². The van der Waals surface area contributed by atoms with Crippen molar-refractivity contribution in [3.63, 3.8) is 0 Å². The molecule has 1 aromatic rings. The van der Waals surface area contributed by atoms with E-state index >= 15 is 0 Å². The fourth-order valence-electron chi connectivity index (χ4n) is 1.09. The highest BCUT2D eigenvalue weighted by Gasteiger charge is 2.20. The van der Waals surface area contributed by atoms with Gasteiger partial charge in [-0.05, 0) is 32.6 Å². The second kappa shape index (κ2) is 3.28. The third kappa shape index (κ3) is 2.14. The van der Waals surface area contributed by atoms with Gasteiger partial charge in [-0.1, -0.05) is 0 Å². The zero-order valence-corrected chi connectivity index (χ0v) is 8.04. The van der Waals surface area contributed by atoms with Crippen molar-refractivity contribution in [1.82, 2.24) is 15.2 Å². The highest BCUT2D eigenvalue weighted by atomic mass is 15.2. The average Bonchev–Trinajstić information content (AvgIpc) is 2.91. The Balaban J connectivity index is 1.98. The van der Waals surface area contributed by atoms with E-state index in [0.29, 0.717) is 5.95 Å². The van der Waals surface area contributed by atoms with Crippen molar-refractivity contribution >= 4 is 5.95 Å². The van der Waals surface area contributed by atoms with Crippen LogP contribution in [0.25, 0.3) is 0 Å².